The molecule has 0 spiro atoms. The molecular formula is C24H43N7O11. The minimum atomic E-state index is -1.07. The summed E-state index contributed by atoms with van der Waals surface area (Å²) in [5.74, 6) is 3.18. The zero-order chi connectivity index (χ0) is 32.7. The van der Waals surface area contributed by atoms with Crippen LogP contribution >= 0.6 is 0 Å². The van der Waals surface area contributed by atoms with Crippen LogP contribution in [0.3, 0.4) is 0 Å². The molecule has 3 amide bonds. The minimum absolute atomic E-state index is 0.0707. The first kappa shape index (κ1) is 38.0. The standard InChI is InChI=1S/C17H27N5O8.C7H16N2O3/c1-10(19-15(24)29-16(2,3)4)30-21-17(5,6)12(20-25)9-18-14(23)11-7-8-13(28-11)22(26)27;1-7(2,3)12-6(10)9-4-5-11-8/h7-8,10,21,25H,9H2,1-6H3,(H,18,23)(H,19,24);4-5,8H2,1-3H3,(H,9,10)/b20-12-;. The zero-order valence-electron chi connectivity index (χ0n) is 25.4. The van der Waals surface area contributed by atoms with Crippen LogP contribution in [0.15, 0.2) is 21.7 Å². The second-order valence-electron chi connectivity index (χ2n) is 11.1. The maximum atomic E-state index is 12.1. The average molecular weight is 606 g/mol. The molecule has 18 heteroatoms. The number of hydrogen-bond acceptors (Lipinski definition) is 14. The number of carbonyl (C=O) groups is 3. The number of nitrogens with two attached hydrogens (primary N) is 1. The molecule has 1 unspecified atom stereocenters. The van der Waals surface area contributed by atoms with E-state index >= 15 is 0 Å². The van der Waals surface area contributed by atoms with E-state index in [1.54, 1.807) is 62.3 Å². The number of carbonyl (C=O) groups excluding carboxylic acids is 3. The Balaban J connectivity index is 0.00000118. The molecule has 1 aromatic heterocycles. The van der Waals surface area contributed by atoms with Crippen LogP contribution in [0, 0.1) is 10.1 Å². The highest BCUT2D eigenvalue weighted by atomic mass is 16.7. The third kappa shape index (κ3) is 17.0. The Labute approximate surface area is 243 Å². The Bertz CT molecular complexity index is 1060. The summed E-state index contributed by atoms with van der Waals surface area (Å²) >= 11 is 0. The number of ether oxygens (including phenoxy) is 2. The number of nitrogens with zero attached hydrogens (tertiary/aromatic N) is 2. The lowest BCUT2D eigenvalue weighted by Crippen LogP contribution is -2.53. The van der Waals surface area contributed by atoms with Crippen molar-refractivity contribution in [3.8, 4) is 0 Å². The lowest BCUT2D eigenvalue weighted by atomic mass is 9.99. The molecule has 18 nitrogen and oxygen atoms in total. The van der Waals surface area contributed by atoms with Gasteiger partial charge in [-0.15, -0.1) is 0 Å². The van der Waals surface area contributed by atoms with Crippen LogP contribution in [-0.4, -0.2) is 76.6 Å². The summed E-state index contributed by atoms with van der Waals surface area (Å²) in [6.07, 6.45) is -1.93. The number of nitro groups is 1. The molecule has 1 aromatic rings. The van der Waals surface area contributed by atoms with Gasteiger partial charge in [0.15, 0.2) is 12.0 Å². The van der Waals surface area contributed by atoms with E-state index in [0.29, 0.717) is 6.54 Å². The van der Waals surface area contributed by atoms with Crippen LogP contribution in [0.4, 0.5) is 15.5 Å². The molecule has 0 aromatic carbocycles. The molecule has 1 heterocycles. The largest absolute Gasteiger partial charge is 0.444 e. The number of amides is 3. The molecule has 0 saturated carbocycles. The lowest BCUT2D eigenvalue weighted by molar-refractivity contribution is -0.402. The molecule has 0 bridgehead atoms. The number of rotatable bonds is 12. The van der Waals surface area contributed by atoms with Crippen LogP contribution in [0.25, 0.3) is 0 Å². The van der Waals surface area contributed by atoms with Gasteiger partial charge in [0.2, 0.25) is 0 Å². The molecular weight excluding hydrogens is 562 g/mol. The van der Waals surface area contributed by atoms with Gasteiger partial charge < -0.3 is 34.6 Å². The van der Waals surface area contributed by atoms with Gasteiger partial charge in [-0.05, 0) is 68.4 Å². The Morgan fingerprint density at radius 3 is 2.10 bits per heavy atom. The summed E-state index contributed by atoms with van der Waals surface area (Å²) in [5.41, 5.74) is 0.506. The van der Waals surface area contributed by atoms with Crippen molar-refractivity contribution in [2.24, 2.45) is 11.1 Å². The van der Waals surface area contributed by atoms with E-state index in [0.717, 1.165) is 12.1 Å². The molecule has 0 saturated heterocycles. The summed E-state index contributed by atoms with van der Waals surface area (Å²) in [6, 6.07) is 2.20. The fourth-order valence-corrected chi connectivity index (χ4v) is 2.50. The summed E-state index contributed by atoms with van der Waals surface area (Å²) in [4.78, 5) is 54.1. The quantitative estimate of drug-likeness (QED) is 0.0500. The van der Waals surface area contributed by atoms with Crippen molar-refractivity contribution >= 4 is 29.7 Å². The molecule has 1 rings (SSSR count). The smallest absolute Gasteiger partial charge is 0.433 e. The van der Waals surface area contributed by atoms with E-state index < -0.39 is 51.9 Å². The van der Waals surface area contributed by atoms with E-state index in [2.05, 4.69) is 31.4 Å². The molecule has 1 atom stereocenters. The molecule has 0 aliphatic rings. The molecule has 7 N–H and O–H groups in total. The molecule has 0 aliphatic carbocycles. The van der Waals surface area contributed by atoms with Gasteiger partial charge in [-0.2, -0.15) is 5.48 Å². The lowest BCUT2D eigenvalue weighted by Gasteiger charge is -2.29. The Morgan fingerprint density at radius 2 is 1.62 bits per heavy atom. The first-order valence-electron chi connectivity index (χ1n) is 12.7. The van der Waals surface area contributed by atoms with E-state index in [9.17, 15) is 29.7 Å². The maximum Gasteiger partial charge on any atom is 0.433 e. The third-order valence-electron chi connectivity index (χ3n) is 4.35. The predicted octanol–water partition coefficient (Wildman–Crippen LogP) is 2.32. The van der Waals surface area contributed by atoms with Gasteiger partial charge in [-0.1, -0.05) is 5.16 Å². The summed E-state index contributed by atoms with van der Waals surface area (Å²) in [7, 11) is 0. The minimum Gasteiger partial charge on any atom is -0.444 e. The summed E-state index contributed by atoms with van der Waals surface area (Å²) in [5, 5.41) is 30.4. The Kier molecular flexibility index (Phi) is 15.4. The van der Waals surface area contributed by atoms with Crippen LogP contribution in [0.1, 0.15) is 72.9 Å². The highest BCUT2D eigenvalue weighted by Crippen LogP contribution is 2.15. The second kappa shape index (κ2) is 17.1. The highest BCUT2D eigenvalue weighted by Gasteiger charge is 2.29. The molecule has 240 valence electrons. The first-order chi connectivity index (χ1) is 19.2. The molecule has 0 radical (unpaired) electrons. The van der Waals surface area contributed by atoms with Gasteiger partial charge in [0.25, 0.3) is 5.91 Å². The molecule has 0 fully saturated rings. The van der Waals surface area contributed by atoms with E-state index in [-0.39, 0.29) is 24.6 Å². The molecule has 0 aliphatic heterocycles. The van der Waals surface area contributed by atoms with E-state index in [1.165, 1.54) is 0 Å². The SMILES string of the molecule is CC(C)(C)OC(=O)NCCON.CC(NC(=O)OC(C)(C)C)ONC(C)(C)/C(CNC(=O)c1ccc([N+](=O)[O-])o1)=N\O. The van der Waals surface area contributed by atoms with Gasteiger partial charge in [0.1, 0.15) is 16.1 Å². The van der Waals surface area contributed by atoms with Crippen LogP contribution in [0.2, 0.25) is 0 Å². The summed E-state index contributed by atoms with van der Waals surface area (Å²) < 4.78 is 14.9. The topological polar surface area (TPSA) is 251 Å². The Morgan fingerprint density at radius 1 is 1.05 bits per heavy atom. The summed E-state index contributed by atoms with van der Waals surface area (Å²) in [6.45, 7) is 15.7. The number of alkyl carbamates (subject to hydrolysis) is 2. The van der Waals surface area contributed by atoms with Gasteiger partial charge in [-0.25, -0.2) is 15.5 Å². The van der Waals surface area contributed by atoms with Gasteiger partial charge >= 0.3 is 18.1 Å². The molecule has 42 heavy (non-hydrogen) atoms. The fourth-order valence-electron chi connectivity index (χ4n) is 2.50. The van der Waals surface area contributed by atoms with E-state index in [1.807, 2.05) is 0 Å². The van der Waals surface area contributed by atoms with Gasteiger partial charge in [0.05, 0.1) is 30.5 Å². The number of oxime groups is 1. The first-order valence-corrected chi connectivity index (χ1v) is 12.7. The van der Waals surface area contributed by atoms with Crippen LogP contribution < -0.4 is 27.3 Å². The van der Waals surface area contributed by atoms with E-state index in [4.69, 9.17) is 24.6 Å². The van der Waals surface area contributed by atoms with Crippen LogP contribution in [-0.2, 0) is 19.1 Å². The third-order valence-corrected chi connectivity index (χ3v) is 4.35. The number of hydrogen-bond donors (Lipinski definition) is 6. The van der Waals surface area contributed by atoms with Crippen molar-refractivity contribution in [2.45, 2.75) is 85.3 Å². The number of hydroxylamine groups is 1. The average Bonchev–Trinajstić information content (AvgIpc) is 3.32. The normalized spacial score (nSPS) is 12.8. The van der Waals surface area contributed by atoms with Gasteiger partial charge in [0, 0.05) is 6.54 Å². The fraction of sp³-hybridized carbons (Fsp3) is 0.667. The van der Waals surface area contributed by atoms with Crippen molar-refractivity contribution in [3.05, 3.63) is 28.0 Å². The predicted molar refractivity (Wildman–Crippen MR) is 148 cm³/mol. The zero-order valence-corrected chi connectivity index (χ0v) is 25.4. The maximum absolute atomic E-state index is 12.1. The van der Waals surface area contributed by atoms with Gasteiger partial charge in [-0.3, -0.25) is 25.1 Å². The second-order valence-corrected chi connectivity index (χ2v) is 11.1. The van der Waals surface area contributed by atoms with Crippen molar-refractivity contribution in [2.75, 3.05) is 19.7 Å². The Hall–Kier alpha value is -4.00. The van der Waals surface area contributed by atoms with Crippen LogP contribution in [0.5, 0.6) is 0 Å². The van der Waals surface area contributed by atoms with Crippen molar-refractivity contribution in [1.82, 2.24) is 21.4 Å². The van der Waals surface area contributed by atoms with Crippen molar-refractivity contribution in [1.29, 1.82) is 0 Å². The highest BCUT2D eigenvalue weighted by molar-refractivity contribution is 5.99. The van der Waals surface area contributed by atoms with Crippen molar-refractivity contribution in [3.63, 3.8) is 0 Å². The number of nitrogens with one attached hydrogen (secondary N) is 4. The van der Waals surface area contributed by atoms with Crippen molar-refractivity contribution < 1.29 is 48.1 Å². The number of furan rings is 1. The monoisotopic (exact) mass is 605 g/mol.